The third-order valence-corrected chi connectivity index (χ3v) is 8.45. The van der Waals surface area contributed by atoms with E-state index >= 15 is 0 Å². The van der Waals surface area contributed by atoms with Crippen LogP contribution in [0.25, 0.3) is 0 Å². The maximum atomic E-state index is 14.6. The van der Waals surface area contributed by atoms with E-state index in [4.69, 9.17) is 16.3 Å². The highest BCUT2D eigenvalue weighted by molar-refractivity contribution is 7.92. The number of nitrogens with one attached hydrogen (secondary N) is 1. The molecule has 41 heavy (non-hydrogen) atoms. The Kier molecular flexibility index (Phi) is 11.5. The van der Waals surface area contributed by atoms with Crippen LogP contribution in [-0.2, 0) is 26.2 Å². The minimum Gasteiger partial charge on any atom is -0.494 e. The quantitative estimate of drug-likeness (QED) is 0.249. The van der Waals surface area contributed by atoms with Gasteiger partial charge in [0.15, 0.2) is 0 Å². The topological polar surface area (TPSA) is 96.0 Å². The number of hydrogen-bond donors (Lipinski definition) is 1. The van der Waals surface area contributed by atoms with Gasteiger partial charge in [-0.05, 0) is 74.9 Å². The number of carbonyl (C=O) groups is 2. The summed E-state index contributed by atoms with van der Waals surface area (Å²) in [6, 6.07) is 16.8. The summed E-state index contributed by atoms with van der Waals surface area (Å²) in [5.74, 6) is -1.11. The fourth-order valence-electron chi connectivity index (χ4n) is 4.07. The van der Waals surface area contributed by atoms with E-state index in [1.54, 1.807) is 18.2 Å². The molecule has 0 aliphatic heterocycles. The van der Waals surface area contributed by atoms with Crippen molar-refractivity contribution < 1.29 is 27.1 Å². The van der Waals surface area contributed by atoms with E-state index in [0.29, 0.717) is 23.9 Å². The van der Waals surface area contributed by atoms with Crippen LogP contribution in [0.15, 0.2) is 77.7 Å². The molecular formula is C30H35ClFN3O5S. The predicted molar refractivity (Wildman–Crippen MR) is 158 cm³/mol. The Labute approximate surface area is 246 Å². The van der Waals surface area contributed by atoms with Crippen molar-refractivity contribution in [2.45, 2.75) is 51.1 Å². The van der Waals surface area contributed by atoms with Crippen molar-refractivity contribution in [2.75, 3.05) is 24.0 Å². The van der Waals surface area contributed by atoms with Crippen molar-refractivity contribution in [1.82, 2.24) is 10.2 Å². The molecule has 3 rings (SSSR count). The number of nitrogens with zero attached hydrogens (tertiary/aromatic N) is 2. The van der Waals surface area contributed by atoms with Crippen LogP contribution in [0, 0.1) is 5.82 Å². The van der Waals surface area contributed by atoms with Crippen LogP contribution in [0.4, 0.5) is 10.1 Å². The first-order chi connectivity index (χ1) is 19.6. The fraction of sp³-hybridized carbons (Fsp3) is 0.333. The molecule has 0 spiro atoms. The Morgan fingerprint density at radius 2 is 1.66 bits per heavy atom. The largest absolute Gasteiger partial charge is 0.494 e. The monoisotopic (exact) mass is 603 g/mol. The lowest BCUT2D eigenvalue weighted by molar-refractivity contribution is -0.139. The summed E-state index contributed by atoms with van der Waals surface area (Å²) in [6.07, 6.45) is 1.62. The Bertz CT molecular complexity index is 1420. The number of carbonyl (C=O) groups excluding carboxylic acids is 2. The molecule has 2 amide bonds. The molecular weight excluding hydrogens is 569 g/mol. The average molecular weight is 604 g/mol. The Hall–Kier alpha value is -3.63. The number of hydrogen-bond acceptors (Lipinski definition) is 5. The predicted octanol–water partition coefficient (Wildman–Crippen LogP) is 5.41. The molecule has 0 heterocycles. The highest BCUT2D eigenvalue weighted by Crippen LogP contribution is 2.27. The van der Waals surface area contributed by atoms with E-state index in [-0.39, 0.29) is 22.7 Å². The number of ether oxygens (including phenoxy) is 1. The van der Waals surface area contributed by atoms with Crippen molar-refractivity contribution in [3.05, 3.63) is 89.2 Å². The van der Waals surface area contributed by atoms with Crippen LogP contribution in [0.5, 0.6) is 5.75 Å². The zero-order chi connectivity index (χ0) is 30.0. The zero-order valence-corrected chi connectivity index (χ0v) is 24.9. The summed E-state index contributed by atoms with van der Waals surface area (Å²) in [7, 11) is -4.26. The molecule has 0 radical (unpaired) electrons. The van der Waals surface area contributed by atoms with E-state index in [1.807, 2.05) is 13.8 Å². The van der Waals surface area contributed by atoms with Gasteiger partial charge in [0.2, 0.25) is 11.8 Å². The number of anilines is 1. The van der Waals surface area contributed by atoms with Crippen molar-refractivity contribution in [3.8, 4) is 5.75 Å². The molecule has 0 aromatic heterocycles. The highest BCUT2D eigenvalue weighted by Gasteiger charge is 2.33. The van der Waals surface area contributed by atoms with Gasteiger partial charge in [-0.1, -0.05) is 43.1 Å². The Morgan fingerprint density at radius 3 is 2.27 bits per heavy atom. The molecule has 8 nitrogen and oxygen atoms in total. The number of halogens is 2. The Balaban J connectivity index is 2.01. The second-order valence-electron chi connectivity index (χ2n) is 9.33. The number of benzene rings is 3. The lowest BCUT2D eigenvalue weighted by Gasteiger charge is -2.32. The first-order valence-corrected chi connectivity index (χ1v) is 15.2. The van der Waals surface area contributed by atoms with Gasteiger partial charge in [0.1, 0.15) is 24.2 Å². The van der Waals surface area contributed by atoms with Crippen molar-refractivity contribution >= 4 is 39.1 Å². The van der Waals surface area contributed by atoms with E-state index in [0.717, 1.165) is 17.1 Å². The van der Waals surface area contributed by atoms with Crippen LogP contribution >= 0.6 is 11.6 Å². The van der Waals surface area contributed by atoms with Gasteiger partial charge in [-0.25, -0.2) is 12.8 Å². The first-order valence-electron chi connectivity index (χ1n) is 13.4. The standard InChI is InChI=1S/C30H35ClFN3O5S/c1-4-6-19-33-30(37)22(3)34(20-23-9-7-8-10-28(23)32)29(36)21-35(25-13-15-26(16-14-25)40-5-2)41(38,39)27-17-11-24(31)12-18-27/h7-18,22H,4-6,19-21H2,1-3H3,(H,33,37)/t22-/m0/s1. The van der Waals surface area contributed by atoms with Gasteiger partial charge in [0.25, 0.3) is 10.0 Å². The summed E-state index contributed by atoms with van der Waals surface area (Å²) in [4.78, 5) is 28.0. The number of unbranched alkanes of at least 4 members (excludes halogenated alkanes) is 1. The maximum Gasteiger partial charge on any atom is 0.264 e. The minimum atomic E-state index is -4.26. The molecule has 220 valence electrons. The van der Waals surface area contributed by atoms with Crippen LogP contribution in [0.3, 0.4) is 0 Å². The van der Waals surface area contributed by atoms with E-state index < -0.39 is 40.2 Å². The number of amides is 2. The molecule has 0 bridgehead atoms. The van der Waals surface area contributed by atoms with Gasteiger partial charge in [-0.2, -0.15) is 0 Å². The molecule has 0 saturated carbocycles. The molecule has 0 aliphatic rings. The SMILES string of the molecule is CCCCNC(=O)[C@H](C)N(Cc1ccccc1F)C(=O)CN(c1ccc(OCC)cc1)S(=O)(=O)c1ccc(Cl)cc1. The summed E-state index contributed by atoms with van der Waals surface area (Å²) < 4.78 is 48.8. The third-order valence-electron chi connectivity index (χ3n) is 6.41. The summed E-state index contributed by atoms with van der Waals surface area (Å²) in [5.41, 5.74) is 0.407. The second kappa shape index (κ2) is 14.8. The molecule has 0 fully saturated rings. The van der Waals surface area contributed by atoms with Gasteiger partial charge in [0, 0.05) is 23.7 Å². The lowest BCUT2D eigenvalue weighted by Crippen LogP contribution is -2.51. The molecule has 0 aliphatic carbocycles. The van der Waals surface area contributed by atoms with E-state index in [2.05, 4.69) is 5.32 Å². The molecule has 1 N–H and O–H groups in total. The molecule has 0 unspecified atom stereocenters. The number of rotatable bonds is 14. The summed E-state index contributed by atoms with van der Waals surface area (Å²) >= 11 is 5.98. The fourth-order valence-corrected chi connectivity index (χ4v) is 5.61. The minimum absolute atomic E-state index is 0.0744. The molecule has 1 atom stereocenters. The second-order valence-corrected chi connectivity index (χ2v) is 11.6. The normalized spacial score (nSPS) is 11.9. The van der Waals surface area contributed by atoms with E-state index in [1.165, 1.54) is 66.4 Å². The highest BCUT2D eigenvalue weighted by atomic mass is 35.5. The van der Waals surface area contributed by atoms with Gasteiger partial charge in [0.05, 0.1) is 17.2 Å². The van der Waals surface area contributed by atoms with Crippen molar-refractivity contribution in [2.24, 2.45) is 0 Å². The molecule has 3 aromatic rings. The van der Waals surface area contributed by atoms with Crippen LogP contribution in [0.2, 0.25) is 5.02 Å². The Morgan fingerprint density at radius 1 is 1.00 bits per heavy atom. The van der Waals surface area contributed by atoms with Crippen molar-refractivity contribution in [3.63, 3.8) is 0 Å². The van der Waals surface area contributed by atoms with Crippen LogP contribution < -0.4 is 14.4 Å². The van der Waals surface area contributed by atoms with Gasteiger partial charge in [-0.15, -0.1) is 0 Å². The molecule has 11 heteroatoms. The molecule has 3 aromatic carbocycles. The van der Waals surface area contributed by atoms with Gasteiger partial charge in [-0.3, -0.25) is 13.9 Å². The van der Waals surface area contributed by atoms with Crippen molar-refractivity contribution in [1.29, 1.82) is 0 Å². The zero-order valence-electron chi connectivity index (χ0n) is 23.3. The van der Waals surface area contributed by atoms with Gasteiger partial charge < -0.3 is 15.0 Å². The van der Waals surface area contributed by atoms with Gasteiger partial charge >= 0.3 is 0 Å². The first kappa shape index (κ1) is 31.9. The summed E-state index contributed by atoms with van der Waals surface area (Å²) in [6.45, 7) is 5.33. The number of sulfonamides is 1. The van der Waals surface area contributed by atoms with E-state index in [9.17, 15) is 22.4 Å². The third kappa shape index (κ3) is 8.43. The maximum absolute atomic E-state index is 14.6. The summed E-state index contributed by atoms with van der Waals surface area (Å²) in [5, 5.41) is 3.15. The molecule has 0 saturated heterocycles. The van der Waals surface area contributed by atoms with Crippen LogP contribution in [0.1, 0.15) is 39.2 Å². The van der Waals surface area contributed by atoms with Crippen LogP contribution in [-0.4, -0.2) is 50.9 Å². The average Bonchev–Trinajstić information content (AvgIpc) is 2.96. The smallest absolute Gasteiger partial charge is 0.264 e. The lowest BCUT2D eigenvalue weighted by atomic mass is 10.1.